The Hall–Kier alpha value is -3.31. The number of nitrogens with zero attached hydrogens (tertiary/aromatic N) is 2. The van der Waals surface area contributed by atoms with Gasteiger partial charge in [0.15, 0.2) is 0 Å². The second-order valence-corrected chi connectivity index (χ2v) is 5.89. The van der Waals surface area contributed by atoms with Crippen molar-refractivity contribution in [3.63, 3.8) is 0 Å². The zero-order chi connectivity index (χ0) is 16.5. The molecule has 4 aromatic rings. The van der Waals surface area contributed by atoms with E-state index in [1.165, 1.54) is 21.8 Å². The predicted molar refractivity (Wildman–Crippen MR) is 100 cm³/mol. The van der Waals surface area contributed by atoms with Gasteiger partial charge in [0.25, 0.3) is 0 Å². The van der Waals surface area contributed by atoms with Gasteiger partial charge in [-0.3, -0.25) is 0 Å². The van der Waals surface area contributed by atoms with Crippen molar-refractivity contribution in [2.45, 2.75) is 0 Å². The van der Waals surface area contributed by atoms with Crippen molar-refractivity contribution in [3.8, 4) is 6.07 Å². The molecule has 0 unspecified atom stereocenters. The number of allylic oxidation sites excluding steroid dienone is 1. The van der Waals surface area contributed by atoms with E-state index in [1.807, 2.05) is 36.4 Å². The molecule has 0 aliphatic rings. The van der Waals surface area contributed by atoms with Gasteiger partial charge < -0.3 is 4.57 Å². The number of hydrogen-bond donors (Lipinski definition) is 0. The minimum absolute atomic E-state index is 0.676. The molecule has 2 nitrogen and oxygen atoms in total. The first-order valence-corrected chi connectivity index (χ1v) is 7.92. The fraction of sp³-hybridized carbons (Fsp3) is 0.0455. The summed E-state index contributed by atoms with van der Waals surface area (Å²) in [4.78, 5) is 0. The summed E-state index contributed by atoms with van der Waals surface area (Å²) in [5.74, 6) is 0. The maximum atomic E-state index is 9.51. The van der Waals surface area contributed by atoms with Gasteiger partial charge in [0.05, 0.1) is 11.6 Å². The zero-order valence-electron chi connectivity index (χ0n) is 13.4. The van der Waals surface area contributed by atoms with Crippen molar-refractivity contribution >= 4 is 33.5 Å². The Labute approximate surface area is 140 Å². The van der Waals surface area contributed by atoms with E-state index in [0.29, 0.717) is 5.57 Å². The van der Waals surface area contributed by atoms with Crippen molar-refractivity contribution in [2.24, 2.45) is 7.05 Å². The lowest BCUT2D eigenvalue weighted by Crippen LogP contribution is -1.86. The summed E-state index contributed by atoms with van der Waals surface area (Å²) in [5.41, 5.74) is 5.08. The van der Waals surface area contributed by atoms with Crippen LogP contribution in [0.1, 0.15) is 11.1 Å². The number of rotatable bonds is 2. The number of fused-ring (bicyclic) bond motifs is 3. The molecular formula is C22H16N2. The maximum Gasteiger partial charge on any atom is 0.0998 e. The molecule has 0 bridgehead atoms. The van der Waals surface area contributed by atoms with Crippen molar-refractivity contribution in [1.29, 1.82) is 5.26 Å². The van der Waals surface area contributed by atoms with Crippen LogP contribution in [0.2, 0.25) is 0 Å². The van der Waals surface area contributed by atoms with Crippen LogP contribution in [-0.4, -0.2) is 4.57 Å². The molecule has 114 valence electrons. The van der Waals surface area contributed by atoms with Crippen LogP contribution in [0.15, 0.2) is 72.8 Å². The van der Waals surface area contributed by atoms with Crippen LogP contribution >= 0.6 is 0 Å². The number of benzene rings is 3. The van der Waals surface area contributed by atoms with Gasteiger partial charge in [-0.05, 0) is 35.4 Å². The van der Waals surface area contributed by atoms with Gasteiger partial charge in [0.1, 0.15) is 0 Å². The molecule has 0 saturated heterocycles. The van der Waals surface area contributed by atoms with Gasteiger partial charge in [-0.25, -0.2) is 0 Å². The van der Waals surface area contributed by atoms with Crippen molar-refractivity contribution in [3.05, 3.63) is 83.9 Å². The van der Waals surface area contributed by atoms with Crippen LogP contribution in [0.25, 0.3) is 33.5 Å². The first kappa shape index (κ1) is 14.3. The van der Waals surface area contributed by atoms with Gasteiger partial charge in [-0.2, -0.15) is 5.26 Å². The van der Waals surface area contributed by atoms with Gasteiger partial charge in [-0.1, -0.05) is 54.6 Å². The molecule has 0 radical (unpaired) electrons. The summed E-state index contributed by atoms with van der Waals surface area (Å²) in [5, 5.41) is 12.0. The van der Waals surface area contributed by atoms with E-state index in [9.17, 15) is 5.26 Å². The molecular weight excluding hydrogens is 292 g/mol. The first-order chi connectivity index (χ1) is 11.8. The smallest absolute Gasteiger partial charge is 0.0998 e. The Balaban J connectivity index is 1.91. The molecule has 0 N–H and O–H groups in total. The summed E-state index contributed by atoms with van der Waals surface area (Å²) in [7, 11) is 2.09. The average molecular weight is 308 g/mol. The van der Waals surface area contributed by atoms with Crippen LogP contribution in [0, 0.1) is 11.3 Å². The summed E-state index contributed by atoms with van der Waals surface area (Å²) >= 11 is 0. The van der Waals surface area contributed by atoms with Gasteiger partial charge in [-0.15, -0.1) is 0 Å². The van der Waals surface area contributed by atoms with Crippen molar-refractivity contribution < 1.29 is 0 Å². The highest BCUT2D eigenvalue weighted by Crippen LogP contribution is 2.29. The molecule has 0 aliphatic carbocycles. The normalized spacial score (nSPS) is 11.8. The minimum atomic E-state index is 0.676. The molecule has 0 amide bonds. The van der Waals surface area contributed by atoms with E-state index >= 15 is 0 Å². The second-order valence-electron chi connectivity index (χ2n) is 5.89. The summed E-state index contributed by atoms with van der Waals surface area (Å²) in [6.45, 7) is 0. The zero-order valence-corrected chi connectivity index (χ0v) is 13.4. The Morgan fingerprint density at radius 2 is 1.58 bits per heavy atom. The maximum absolute atomic E-state index is 9.51. The Bertz CT molecular complexity index is 1110. The van der Waals surface area contributed by atoms with E-state index in [4.69, 9.17) is 0 Å². The summed E-state index contributed by atoms with van der Waals surface area (Å²) in [6, 6.07) is 26.9. The van der Waals surface area contributed by atoms with E-state index in [1.54, 1.807) is 0 Å². The minimum Gasteiger partial charge on any atom is -0.344 e. The molecule has 0 atom stereocenters. The van der Waals surface area contributed by atoms with Crippen molar-refractivity contribution in [2.75, 3.05) is 0 Å². The van der Waals surface area contributed by atoms with E-state index in [-0.39, 0.29) is 0 Å². The molecule has 2 heteroatoms. The molecule has 1 heterocycles. The number of hydrogen-bond acceptors (Lipinski definition) is 1. The second kappa shape index (κ2) is 5.72. The van der Waals surface area contributed by atoms with Gasteiger partial charge in [0, 0.05) is 28.9 Å². The summed E-state index contributed by atoms with van der Waals surface area (Å²) in [6.07, 6.45) is 1.95. The van der Waals surface area contributed by atoms with Crippen LogP contribution in [0.4, 0.5) is 0 Å². The topological polar surface area (TPSA) is 28.7 Å². The number of aryl methyl sites for hydroxylation is 1. The predicted octanol–water partition coefficient (Wildman–Crippen LogP) is 5.40. The van der Waals surface area contributed by atoms with Gasteiger partial charge >= 0.3 is 0 Å². The molecule has 0 saturated carbocycles. The summed E-state index contributed by atoms with van der Waals surface area (Å²) < 4.78 is 2.21. The SMILES string of the molecule is Cn1c2ccccc2c2cc(/C=C(/C#N)c3ccccc3)ccc21. The molecule has 1 aromatic heterocycles. The lowest BCUT2D eigenvalue weighted by molar-refractivity contribution is 1.01. The molecule has 24 heavy (non-hydrogen) atoms. The van der Waals surface area contributed by atoms with Crippen LogP contribution < -0.4 is 0 Å². The number of nitriles is 1. The number of para-hydroxylation sites is 1. The fourth-order valence-electron chi connectivity index (χ4n) is 3.24. The Morgan fingerprint density at radius 1 is 0.875 bits per heavy atom. The highest BCUT2D eigenvalue weighted by molar-refractivity contribution is 6.09. The number of aromatic nitrogens is 1. The standard InChI is InChI=1S/C22H16N2/c1-24-21-10-6-5-9-19(21)20-14-16(11-12-22(20)24)13-18(15-23)17-7-3-2-4-8-17/h2-14H,1H3/b18-13-. The highest BCUT2D eigenvalue weighted by Gasteiger charge is 2.08. The average Bonchev–Trinajstić information content (AvgIpc) is 2.93. The van der Waals surface area contributed by atoms with E-state index < -0.39 is 0 Å². The quantitative estimate of drug-likeness (QED) is 0.360. The highest BCUT2D eigenvalue weighted by atomic mass is 14.9. The Morgan fingerprint density at radius 3 is 2.38 bits per heavy atom. The van der Waals surface area contributed by atoms with Crippen LogP contribution in [0.3, 0.4) is 0 Å². The fourth-order valence-corrected chi connectivity index (χ4v) is 3.24. The largest absolute Gasteiger partial charge is 0.344 e. The van der Waals surface area contributed by atoms with E-state index in [0.717, 1.165) is 11.1 Å². The van der Waals surface area contributed by atoms with Crippen LogP contribution in [-0.2, 0) is 7.05 Å². The molecule has 3 aromatic carbocycles. The van der Waals surface area contributed by atoms with Crippen LogP contribution in [0.5, 0.6) is 0 Å². The lowest BCUT2D eigenvalue weighted by atomic mass is 10.0. The molecule has 0 spiro atoms. The Kier molecular flexibility index (Phi) is 3.40. The molecule has 0 aliphatic heterocycles. The third-order valence-corrected chi connectivity index (χ3v) is 4.45. The first-order valence-electron chi connectivity index (χ1n) is 7.92. The molecule has 4 rings (SSSR count). The molecule has 0 fully saturated rings. The van der Waals surface area contributed by atoms with E-state index in [2.05, 4.69) is 60.1 Å². The third kappa shape index (κ3) is 2.28. The van der Waals surface area contributed by atoms with Crippen molar-refractivity contribution in [1.82, 2.24) is 4.57 Å². The lowest BCUT2D eigenvalue weighted by Gasteiger charge is -2.01. The third-order valence-electron chi connectivity index (χ3n) is 4.45. The van der Waals surface area contributed by atoms with Gasteiger partial charge in [0.2, 0.25) is 0 Å². The monoisotopic (exact) mass is 308 g/mol.